The molecule has 2 aromatic rings. The number of nitrogens with zero attached hydrogens (tertiary/aromatic N) is 3. The number of aromatic nitrogens is 1. The van der Waals surface area contributed by atoms with Gasteiger partial charge in [0.25, 0.3) is 11.8 Å². The summed E-state index contributed by atoms with van der Waals surface area (Å²) >= 11 is 0. The molecule has 29 heavy (non-hydrogen) atoms. The Bertz CT molecular complexity index is 967. The zero-order chi connectivity index (χ0) is 20.8. The molecule has 0 N–H and O–H groups in total. The van der Waals surface area contributed by atoms with Crippen molar-refractivity contribution in [1.82, 2.24) is 14.8 Å². The molecular weight excluding hydrogens is 391 g/mol. The summed E-state index contributed by atoms with van der Waals surface area (Å²) in [4.78, 5) is 42.6. The summed E-state index contributed by atoms with van der Waals surface area (Å²) in [7, 11) is 0. The summed E-state index contributed by atoms with van der Waals surface area (Å²) in [6.45, 7) is -0.152. The second kappa shape index (κ2) is 6.87. The van der Waals surface area contributed by atoms with Crippen molar-refractivity contribution in [3.8, 4) is 5.88 Å². The van der Waals surface area contributed by atoms with Crippen molar-refractivity contribution in [2.75, 3.05) is 19.6 Å². The van der Waals surface area contributed by atoms with Crippen LogP contribution in [0, 0.1) is 0 Å². The first-order valence-corrected chi connectivity index (χ1v) is 8.68. The van der Waals surface area contributed by atoms with Gasteiger partial charge in [0.15, 0.2) is 0 Å². The number of pyridine rings is 1. The predicted octanol–water partition coefficient (Wildman–Crippen LogP) is 1.99. The first kappa shape index (κ1) is 18.9. The van der Waals surface area contributed by atoms with Crippen LogP contribution in [-0.2, 0) is 11.0 Å². The van der Waals surface area contributed by atoms with E-state index < -0.39 is 42.2 Å². The molecule has 7 nitrogen and oxygen atoms in total. The number of halogens is 3. The maximum absolute atomic E-state index is 12.7. The molecule has 0 atom stereocenters. The van der Waals surface area contributed by atoms with Crippen molar-refractivity contribution < 1.29 is 32.3 Å². The monoisotopic (exact) mass is 405 g/mol. The number of carbonyl (C=O) groups is 3. The Morgan fingerprint density at radius 2 is 1.66 bits per heavy atom. The van der Waals surface area contributed by atoms with Gasteiger partial charge in [-0.1, -0.05) is 18.2 Å². The number of alkyl halides is 3. The Morgan fingerprint density at radius 3 is 2.24 bits per heavy atom. The van der Waals surface area contributed by atoms with Crippen LogP contribution in [0.4, 0.5) is 13.2 Å². The number of likely N-dealkylation sites (tertiary alicyclic amines) is 1. The van der Waals surface area contributed by atoms with Gasteiger partial charge in [0.1, 0.15) is 18.3 Å². The average molecular weight is 405 g/mol. The van der Waals surface area contributed by atoms with Gasteiger partial charge in [-0.15, -0.1) is 0 Å². The predicted molar refractivity (Wildman–Crippen MR) is 92.0 cm³/mol. The number of carbonyl (C=O) groups excluding carboxylic acids is 3. The van der Waals surface area contributed by atoms with Crippen molar-refractivity contribution in [2.45, 2.75) is 12.3 Å². The van der Waals surface area contributed by atoms with E-state index in [0.717, 1.165) is 11.0 Å². The normalized spacial score (nSPS) is 16.7. The van der Waals surface area contributed by atoms with Crippen LogP contribution in [0.3, 0.4) is 0 Å². The SMILES string of the molecule is O=C(CN1C(=O)c2ccccc2C1=O)N1CC(Oc2cccc(C(F)(F)F)n2)C1. The second-order valence-corrected chi connectivity index (χ2v) is 6.64. The fourth-order valence-corrected chi connectivity index (χ4v) is 3.14. The van der Waals surface area contributed by atoms with Gasteiger partial charge in [-0.3, -0.25) is 19.3 Å². The summed E-state index contributed by atoms with van der Waals surface area (Å²) in [5.74, 6) is -1.69. The summed E-state index contributed by atoms with van der Waals surface area (Å²) in [6.07, 6.45) is -5.09. The molecular formula is C19H14F3N3O4. The van der Waals surface area contributed by atoms with Gasteiger partial charge < -0.3 is 9.64 Å². The lowest BCUT2D eigenvalue weighted by Gasteiger charge is -2.39. The molecule has 1 fully saturated rings. The van der Waals surface area contributed by atoms with Crippen LogP contribution in [0.25, 0.3) is 0 Å². The van der Waals surface area contributed by atoms with E-state index in [0.29, 0.717) is 0 Å². The van der Waals surface area contributed by atoms with E-state index in [2.05, 4.69) is 4.98 Å². The van der Waals surface area contributed by atoms with Gasteiger partial charge in [-0.05, 0) is 18.2 Å². The molecule has 4 rings (SSSR count). The van der Waals surface area contributed by atoms with Crippen LogP contribution in [-0.4, -0.2) is 58.2 Å². The highest BCUT2D eigenvalue weighted by Gasteiger charge is 2.40. The van der Waals surface area contributed by atoms with Gasteiger partial charge in [0.05, 0.1) is 24.2 Å². The van der Waals surface area contributed by atoms with Crippen LogP contribution < -0.4 is 4.74 Å². The van der Waals surface area contributed by atoms with Crippen LogP contribution >= 0.6 is 0 Å². The highest BCUT2D eigenvalue weighted by atomic mass is 19.4. The van der Waals surface area contributed by atoms with Crippen molar-refractivity contribution in [3.05, 3.63) is 59.3 Å². The largest absolute Gasteiger partial charge is 0.471 e. The Kier molecular flexibility index (Phi) is 4.48. The standard InChI is InChI=1S/C19H14F3N3O4/c20-19(21,22)14-6-3-7-15(23-14)29-11-8-24(9-11)16(26)10-25-17(27)12-4-1-2-5-13(12)18(25)28/h1-7,11H,8-10H2. The highest BCUT2D eigenvalue weighted by Crippen LogP contribution is 2.29. The molecule has 1 saturated heterocycles. The summed E-state index contributed by atoms with van der Waals surface area (Å²) < 4.78 is 43.5. The van der Waals surface area contributed by atoms with Crippen LogP contribution in [0.1, 0.15) is 26.4 Å². The number of hydrogen-bond acceptors (Lipinski definition) is 5. The zero-order valence-corrected chi connectivity index (χ0v) is 14.8. The number of hydrogen-bond donors (Lipinski definition) is 0. The van der Waals surface area contributed by atoms with E-state index in [1.807, 2.05) is 0 Å². The molecule has 3 amide bonds. The van der Waals surface area contributed by atoms with Crippen LogP contribution in [0.2, 0.25) is 0 Å². The maximum Gasteiger partial charge on any atom is 0.433 e. The molecule has 2 aliphatic heterocycles. The quantitative estimate of drug-likeness (QED) is 0.727. The molecule has 10 heteroatoms. The summed E-state index contributed by atoms with van der Waals surface area (Å²) in [6, 6.07) is 9.65. The topological polar surface area (TPSA) is 79.8 Å². The first-order chi connectivity index (χ1) is 13.7. The Hall–Kier alpha value is -3.43. The number of benzene rings is 1. The van der Waals surface area contributed by atoms with E-state index in [1.54, 1.807) is 12.1 Å². The Labute approximate surface area is 162 Å². The number of fused-ring (bicyclic) bond motifs is 1. The van der Waals surface area contributed by atoms with E-state index in [4.69, 9.17) is 4.74 Å². The Balaban J connectivity index is 1.32. The minimum absolute atomic E-state index is 0.125. The number of rotatable bonds is 4. The van der Waals surface area contributed by atoms with Crippen molar-refractivity contribution in [3.63, 3.8) is 0 Å². The summed E-state index contributed by atoms with van der Waals surface area (Å²) in [5.41, 5.74) is -0.552. The van der Waals surface area contributed by atoms with Crippen LogP contribution in [0.5, 0.6) is 5.88 Å². The lowest BCUT2D eigenvalue weighted by atomic mass is 10.1. The average Bonchev–Trinajstić information content (AvgIpc) is 2.89. The molecule has 150 valence electrons. The zero-order valence-electron chi connectivity index (χ0n) is 14.8. The van der Waals surface area contributed by atoms with E-state index in [9.17, 15) is 27.6 Å². The lowest BCUT2D eigenvalue weighted by Crippen LogP contribution is -2.58. The highest BCUT2D eigenvalue weighted by molar-refractivity contribution is 6.22. The smallest absolute Gasteiger partial charge is 0.433 e. The van der Waals surface area contributed by atoms with E-state index >= 15 is 0 Å². The Morgan fingerprint density at radius 1 is 1.03 bits per heavy atom. The molecule has 0 bridgehead atoms. The maximum atomic E-state index is 12.7. The molecule has 1 aromatic carbocycles. The first-order valence-electron chi connectivity index (χ1n) is 8.68. The van der Waals surface area contributed by atoms with E-state index in [-0.39, 0.29) is 30.1 Å². The number of ether oxygens (including phenoxy) is 1. The summed E-state index contributed by atoms with van der Waals surface area (Å²) in [5, 5.41) is 0. The number of amides is 3. The van der Waals surface area contributed by atoms with Gasteiger partial charge in [0, 0.05) is 6.07 Å². The lowest BCUT2D eigenvalue weighted by molar-refractivity contribution is -0.142. The minimum Gasteiger partial charge on any atom is -0.471 e. The minimum atomic E-state index is -4.58. The van der Waals surface area contributed by atoms with Gasteiger partial charge in [-0.25, -0.2) is 4.98 Å². The second-order valence-electron chi connectivity index (χ2n) is 6.64. The molecule has 0 radical (unpaired) electrons. The van der Waals surface area contributed by atoms with Crippen molar-refractivity contribution in [1.29, 1.82) is 0 Å². The molecule has 2 aliphatic rings. The molecule has 0 aliphatic carbocycles. The van der Waals surface area contributed by atoms with Gasteiger partial charge >= 0.3 is 6.18 Å². The van der Waals surface area contributed by atoms with Gasteiger partial charge in [-0.2, -0.15) is 13.2 Å². The third kappa shape index (κ3) is 3.53. The molecule has 0 saturated carbocycles. The third-order valence-corrected chi connectivity index (χ3v) is 4.67. The van der Waals surface area contributed by atoms with Crippen molar-refractivity contribution in [2.24, 2.45) is 0 Å². The fourth-order valence-electron chi connectivity index (χ4n) is 3.14. The molecule has 0 unspecified atom stereocenters. The fraction of sp³-hybridized carbons (Fsp3) is 0.263. The number of imide groups is 1. The van der Waals surface area contributed by atoms with Crippen LogP contribution in [0.15, 0.2) is 42.5 Å². The van der Waals surface area contributed by atoms with E-state index in [1.165, 1.54) is 29.2 Å². The van der Waals surface area contributed by atoms with Crippen molar-refractivity contribution >= 4 is 17.7 Å². The van der Waals surface area contributed by atoms with Gasteiger partial charge in [0.2, 0.25) is 11.8 Å². The molecule has 3 heterocycles. The molecule has 1 aromatic heterocycles. The molecule has 0 spiro atoms. The third-order valence-electron chi connectivity index (χ3n) is 4.67.